The van der Waals surface area contributed by atoms with Gasteiger partial charge in [-0.2, -0.15) is 0 Å². The number of benzene rings is 2. The molecule has 1 atom stereocenters. The van der Waals surface area contributed by atoms with E-state index in [-0.39, 0.29) is 17.6 Å². The Morgan fingerprint density at radius 3 is 2.69 bits per heavy atom. The lowest BCUT2D eigenvalue weighted by Crippen LogP contribution is -2.37. The summed E-state index contributed by atoms with van der Waals surface area (Å²) in [6.45, 7) is 2.00. The maximum atomic E-state index is 14.6. The lowest BCUT2D eigenvalue weighted by Gasteiger charge is -2.14. The van der Waals surface area contributed by atoms with Crippen LogP contribution in [0, 0.1) is 5.82 Å². The van der Waals surface area contributed by atoms with Crippen LogP contribution in [0.2, 0.25) is 0 Å². The van der Waals surface area contributed by atoms with E-state index in [0.29, 0.717) is 22.8 Å². The molecule has 1 aliphatic heterocycles. The highest BCUT2D eigenvalue weighted by Gasteiger charge is 2.32. The highest BCUT2D eigenvalue weighted by molar-refractivity contribution is 7.99. The van der Waals surface area contributed by atoms with E-state index < -0.39 is 18.0 Å². The standard InChI is InChI=1S/C19H19FN4O3S2/c1-11(25)23-12-2-5-15(6-3-12)29-17-7-4-13(8-16(17)20)24-10-14(27-19(24)26)9-22-18(21)28/h2-8,14H,9-10H2,1H3,(H,23,25)(H3,21,22,28)/t14-/m0/s1. The van der Waals surface area contributed by atoms with Gasteiger partial charge in [-0.3, -0.25) is 9.69 Å². The summed E-state index contributed by atoms with van der Waals surface area (Å²) in [5.74, 6) is -0.604. The number of nitrogens with two attached hydrogens (primary N) is 1. The van der Waals surface area contributed by atoms with Gasteiger partial charge in [0.25, 0.3) is 0 Å². The normalized spacial score (nSPS) is 15.7. The minimum Gasteiger partial charge on any atom is -0.442 e. The van der Waals surface area contributed by atoms with Crippen molar-refractivity contribution >= 4 is 52.5 Å². The molecule has 0 unspecified atom stereocenters. The maximum Gasteiger partial charge on any atom is 0.414 e. The van der Waals surface area contributed by atoms with E-state index in [1.54, 1.807) is 36.4 Å². The molecular formula is C19H19FN4O3S2. The number of anilines is 2. The summed E-state index contributed by atoms with van der Waals surface area (Å²) in [4.78, 5) is 25.7. The van der Waals surface area contributed by atoms with E-state index in [1.165, 1.54) is 29.7 Å². The first-order valence-electron chi connectivity index (χ1n) is 8.68. The Bertz CT molecular complexity index is 940. The van der Waals surface area contributed by atoms with Gasteiger partial charge in [0.1, 0.15) is 11.9 Å². The van der Waals surface area contributed by atoms with Crippen LogP contribution in [0.4, 0.5) is 20.6 Å². The van der Waals surface area contributed by atoms with Crippen molar-refractivity contribution in [3.63, 3.8) is 0 Å². The molecule has 0 aromatic heterocycles. The lowest BCUT2D eigenvalue weighted by molar-refractivity contribution is -0.114. The minimum absolute atomic E-state index is 0.122. The molecular weight excluding hydrogens is 415 g/mol. The van der Waals surface area contributed by atoms with Crippen molar-refractivity contribution < 1.29 is 18.7 Å². The smallest absolute Gasteiger partial charge is 0.414 e. The van der Waals surface area contributed by atoms with Crippen LogP contribution < -0.4 is 21.3 Å². The number of thiocarbonyl (C=S) groups is 1. The molecule has 7 nitrogen and oxygen atoms in total. The van der Waals surface area contributed by atoms with Gasteiger partial charge in [-0.1, -0.05) is 11.8 Å². The van der Waals surface area contributed by atoms with Gasteiger partial charge in [0.2, 0.25) is 5.91 Å². The molecule has 2 aromatic carbocycles. The summed E-state index contributed by atoms with van der Waals surface area (Å²) in [6, 6.07) is 11.7. The number of amides is 2. The van der Waals surface area contributed by atoms with Crippen LogP contribution in [0.1, 0.15) is 6.92 Å². The predicted octanol–water partition coefficient (Wildman–Crippen LogP) is 3.09. The average Bonchev–Trinajstić information content (AvgIpc) is 3.03. The zero-order chi connectivity index (χ0) is 21.0. The summed E-state index contributed by atoms with van der Waals surface area (Å²) in [5.41, 5.74) is 6.46. The largest absolute Gasteiger partial charge is 0.442 e. The Morgan fingerprint density at radius 2 is 2.07 bits per heavy atom. The van der Waals surface area contributed by atoms with Crippen LogP contribution in [0.3, 0.4) is 0 Å². The third-order valence-corrected chi connectivity index (χ3v) is 5.21. The average molecular weight is 435 g/mol. The second-order valence-corrected chi connectivity index (χ2v) is 7.84. The summed E-state index contributed by atoms with van der Waals surface area (Å²) in [5, 5.41) is 5.55. The summed E-state index contributed by atoms with van der Waals surface area (Å²) in [6.07, 6.45) is -0.976. The van der Waals surface area contributed by atoms with Crippen molar-refractivity contribution in [3.8, 4) is 0 Å². The Kier molecular flexibility index (Phi) is 6.55. The first-order valence-corrected chi connectivity index (χ1v) is 9.91. The molecule has 1 saturated heterocycles. The summed E-state index contributed by atoms with van der Waals surface area (Å²) >= 11 is 5.98. The molecule has 0 radical (unpaired) electrons. The second kappa shape index (κ2) is 9.10. The Hall–Kier alpha value is -2.85. The number of rotatable bonds is 6. The van der Waals surface area contributed by atoms with E-state index in [2.05, 4.69) is 10.6 Å². The van der Waals surface area contributed by atoms with E-state index in [0.717, 1.165) is 4.90 Å². The number of cyclic esters (lactones) is 1. The van der Waals surface area contributed by atoms with Crippen molar-refractivity contribution in [1.82, 2.24) is 5.32 Å². The van der Waals surface area contributed by atoms with E-state index in [1.807, 2.05) is 0 Å². The third-order valence-electron chi connectivity index (χ3n) is 4.01. The third kappa shape index (κ3) is 5.58. The zero-order valence-electron chi connectivity index (χ0n) is 15.5. The molecule has 1 heterocycles. The van der Waals surface area contributed by atoms with Gasteiger partial charge in [-0.25, -0.2) is 9.18 Å². The molecule has 1 aliphatic rings. The number of carbonyl (C=O) groups is 2. The lowest BCUT2D eigenvalue weighted by atomic mass is 10.2. The van der Waals surface area contributed by atoms with Gasteiger partial charge in [0, 0.05) is 22.4 Å². The Labute approximate surface area is 176 Å². The fourth-order valence-corrected chi connectivity index (χ4v) is 3.63. The topological polar surface area (TPSA) is 96.7 Å². The van der Waals surface area contributed by atoms with Gasteiger partial charge in [-0.15, -0.1) is 0 Å². The van der Waals surface area contributed by atoms with Gasteiger partial charge in [0.05, 0.1) is 18.8 Å². The summed E-state index contributed by atoms with van der Waals surface area (Å²) < 4.78 is 19.9. The Morgan fingerprint density at radius 1 is 1.34 bits per heavy atom. The van der Waals surface area contributed by atoms with Crippen LogP contribution in [0.15, 0.2) is 52.3 Å². The predicted molar refractivity (Wildman–Crippen MR) is 114 cm³/mol. The molecule has 0 saturated carbocycles. The fraction of sp³-hybridized carbons (Fsp3) is 0.211. The fourth-order valence-electron chi connectivity index (χ4n) is 2.73. The van der Waals surface area contributed by atoms with E-state index in [4.69, 9.17) is 22.7 Å². The first-order chi connectivity index (χ1) is 13.8. The van der Waals surface area contributed by atoms with Crippen LogP contribution in [-0.2, 0) is 9.53 Å². The molecule has 1 fully saturated rings. The number of carbonyl (C=O) groups excluding carboxylic acids is 2. The van der Waals surface area contributed by atoms with Crippen LogP contribution in [0.5, 0.6) is 0 Å². The van der Waals surface area contributed by atoms with Crippen molar-refractivity contribution in [2.75, 3.05) is 23.3 Å². The molecule has 0 spiro atoms. The number of hydrogen-bond acceptors (Lipinski definition) is 5. The maximum absolute atomic E-state index is 14.6. The number of nitrogens with one attached hydrogen (secondary N) is 2. The van der Waals surface area contributed by atoms with Gasteiger partial charge >= 0.3 is 6.09 Å². The van der Waals surface area contributed by atoms with Crippen molar-refractivity contribution in [2.45, 2.75) is 22.8 Å². The SMILES string of the molecule is CC(=O)Nc1ccc(Sc2ccc(N3C[C@H](CNC(N)=S)OC3=O)cc2F)cc1. The number of nitrogens with zero attached hydrogens (tertiary/aromatic N) is 1. The molecule has 29 heavy (non-hydrogen) atoms. The molecule has 0 aliphatic carbocycles. The second-order valence-electron chi connectivity index (χ2n) is 6.28. The van der Waals surface area contributed by atoms with Crippen molar-refractivity contribution in [3.05, 3.63) is 48.3 Å². The molecule has 2 aromatic rings. The molecule has 10 heteroatoms. The monoisotopic (exact) mass is 434 g/mol. The van der Waals surface area contributed by atoms with E-state index >= 15 is 0 Å². The molecule has 152 valence electrons. The minimum atomic E-state index is -0.548. The highest BCUT2D eigenvalue weighted by atomic mass is 32.2. The number of ether oxygens (including phenoxy) is 1. The van der Waals surface area contributed by atoms with Gasteiger partial charge < -0.3 is 21.1 Å². The molecule has 0 bridgehead atoms. The Balaban J connectivity index is 1.66. The van der Waals surface area contributed by atoms with Crippen molar-refractivity contribution in [1.29, 1.82) is 0 Å². The van der Waals surface area contributed by atoms with Crippen LogP contribution in [-0.4, -0.2) is 36.3 Å². The molecule has 4 N–H and O–H groups in total. The van der Waals surface area contributed by atoms with Crippen LogP contribution >= 0.6 is 24.0 Å². The molecule has 3 rings (SSSR count). The number of halogens is 1. The first kappa shape index (κ1) is 20.9. The number of hydrogen-bond donors (Lipinski definition) is 3. The van der Waals surface area contributed by atoms with Crippen LogP contribution in [0.25, 0.3) is 0 Å². The quantitative estimate of drug-likeness (QED) is 0.601. The highest BCUT2D eigenvalue weighted by Crippen LogP contribution is 2.33. The van der Waals surface area contributed by atoms with E-state index in [9.17, 15) is 14.0 Å². The summed E-state index contributed by atoms with van der Waals surface area (Å²) in [7, 11) is 0. The van der Waals surface area contributed by atoms with Gasteiger partial charge in [0.15, 0.2) is 5.11 Å². The molecule has 2 amide bonds. The van der Waals surface area contributed by atoms with Gasteiger partial charge in [-0.05, 0) is 54.7 Å². The zero-order valence-corrected chi connectivity index (χ0v) is 17.1. The van der Waals surface area contributed by atoms with Crippen molar-refractivity contribution in [2.24, 2.45) is 5.73 Å².